The second kappa shape index (κ2) is 6.16. The summed E-state index contributed by atoms with van der Waals surface area (Å²) < 4.78 is 1.99. The quantitative estimate of drug-likeness (QED) is 0.844. The number of carbonyl (C=O) groups is 1. The highest BCUT2D eigenvalue weighted by atomic mass is 32.2. The molecule has 6 nitrogen and oxygen atoms in total. The number of hydrogen-bond acceptors (Lipinski definition) is 4. The van der Waals surface area contributed by atoms with E-state index in [0.29, 0.717) is 18.2 Å². The minimum atomic E-state index is -0.112. The molecule has 0 aromatic carbocycles. The van der Waals surface area contributed by atoms with Gasteiger partial charge in [-0.25, -0.2) is 4.98 Å². The van der Waals surface area contributed by atoms with Crippen LogP contribution >= 0.6 is 11.8 Å². The summed E-state index contributed by atoms with van der Waals surface area (Å²) in [5.41, 5.74) is 3.74. The van der Waals surface area contributed by atoms with Gasteiger partial charge >= 0.3 is 0 Å². The van der Waals surface area contributed by atoms with E-state index in [-0.39, 0.29) is 5.91 Å². The van der Waals surface area contributed by atoms with Crippen LogP contribution in [0, 0.1) is 5.92 Å². The highest BCUT2D eigenvalue weighted by Crippen LogP contribution is 2.26. The zero-order chi connectivity index (χ0) is 15.7. The van der Waals surface area contributed by atoms with Crippen molar-refractivity contribution in [3.63, 3.8) is 0 Å². The van der Waals surface area contributed by atoms with Crippen LogP contribution in [0.15, 0.2) is 11.4 Å². The number of carbonyl (C=O) groups excluding carboxylic acids is 1. The maximum atomic E-state index is 12.4. The first-order valence-electron chi connectivity index (χ1n) is 7.49. The first-order valence-corrected chi connectivity index (χ1v) is 8.71. The Bertz CT molecular complexity index is 690. The zero-order valence-electron chi connectivity index (χ0n) is 13.1. The average Bonchev–Trinajstić information content (AvgIpc) is 3.08. The van der Waals surface area contributed by atoms with Gasteiger partial charge in [-0.2, -0.15) is 5.10 Å². The molecule has 7 heteroatoms. The van der Waals surface area contributed by atoms with E-state index in [9.17, 15) is 4.79 Å². The van der Waals surface area contributed by atoms with Gasteiger partial charge < -0.3 is 9.88 Å². The van der Waals surface area contributed by atoms with E-state index >= 15 is 0 Å². The van der Waals surface area contributed by atoms with Crippen LogP contribution in [0.2, 0.25) is 0 Å². The molecule has 0 spiro atoms. The molecule has 0 saturated carbocycles. The summed E-state index contributed by atoms with van der Waals surface area (Å²) in [4.78, 5) is 16.7. The predicted molar refractivity (Wildman–Crippen MR) is 85.9 cm³/mol. The molecule has 1 unspecified atom stereocenters. The molecular formula is C15H21N5OS. The Kier molecular flexibility index (Phi) is 4.24. The van der Waals surface area contributed by atoms with Crippen molar-refractivity contribution in [3.05, 3.63) is 28.8 Å². The van der Waals surface area contributed by atoms with Crippen molar-refractivity contribution in [1.82, 2.24) is 25.1 Å². The number of amides is 1. The Hall–Kier alpha value is -1.76. The van der Waals surface area contributed by atoms with E-state index in [2.05, 4.69) is 27.4 Å². The van der Waals surface area contributed by atoms with Crippen LogP contribution in [-0.4, -0.2) is 31.9 Å². The Morgan fingerprint density at radius 1 is 1.59 bits per heavy atom. The highest BCUT2D eigenvalue weighted by molar-refractivity contribution is 7.98. The molecule has 0 aliphatic heterocycles. The zero-order valence-corrected chi connectivity index (χ0v) is 14.0. The third kappa shape index (κ3) is 2.77. The van der Waals surface area contributed by atoms with Gasteiger partial charge in [0.2, 0.25) is 0 Å². The van der Waals surface area contributed by atoms with Gasteiger partial charge in [-0.05, 0) is 31.4 Å². The first-order chi connectivity index (χ1) is 10.6. The van der Waals surface area contributed by atoms with Gasteiger partial charge in [0.25, 0.3) is 5.91 Å². The SMILES string of the molecule is CSc1ncc(CNC(=O)c2n[nH]c3c2CC(C)CC3)n1C. The van der Waals surface area contributed by atoms with Gasteiger partial charge in [-0.1, -0.05) is 18.7 Å². The number of hydrogen-bond donors (Lipinski definition) is 2. The van der Waals surface area contributed by atoms with E-state index in [1.807, 2.05) is 17.9 Å². The number of aromatic nitrogens is 4. The number of H-pyrrole nitrogens is 1. The van der Waals surface area contributed by atoms with Crippen molar-refractivity contribution in [1.29, 1.82) is 0 Å². The molecule has 1 atom stereocenters. The normalized spacial score (nSPS) is 17.3. The minimum absolute atomic E-state index is 0.112. The lowest BCUT2D eigenvalue weighted by Gasteiger charge is -2.18. The maximum Gasteiger partial charge on any atom is 0.272 e. The molecule has 1 amide bonds. The van der Waals surface area contributed by atoms with Crippen molar-refractivity contribution < 1.29 is 4.79 Å². The lowest BCUT2D eigenvalue weighted by molar-refractivity contribution is 0.0944. The minimum Gasteiger partial charge on any atom is -0.345 e. The van der Waals surface area contributed by atoms with E-state index in [1.54, 1.807) is 18.0 Å². The van der Waals surface area contributed by atoms with Crippen LogP contribution in [0.25, 0.3) is 0 Å². The summed E-state index contributed by atoms with van der Waals surface area (Å²) in [6.07, 6.45) is 6.85. The molecule has 3 rings (SSSR count). The molecule has 0 saturated heterocycles. The number of aryl methyl sites for hydroxylation is 1. The van der Waals surface area contributed by atoms with E-state index in [1.165, 1.54) is 0 Å². The molecule has 22 heavy (non-hydrogen) atoms. The summed E-state index contributed by atoms with van der Waals surface area (Å²) in [6, 6.07) is 0. The summed E-state index contributed by atoms with van der Waals surface area (Å²) in [5.74, 6) is 0.497. The molecular weight excluding hydrogens is 298 g/mol. The molecule has 0 bridgehead atoms. The fraction of sp³-hybridized carbons (Fsp3) is 0.533. The number of nitrogens with zero attached hydrogens (tertiary/aromatic N) is 3. The molecule has 0 fully saturated rings. The monoisotopic (exact) mass is 319 g/mol. The Morgan fingerprint density at radius 3 is 3.14 bits per heavy atom. The molecule has 1 aliphatic rings. The van der Waals surface area contributed by atoms with Gasteiger partial charge in [0.05, 0.1) is 18.4 Å². The Labute approximate surface area is 134 Å². The Balaban J connectivity index is 1.70. The maximum absolute atomic E-state index is 12.4. The van der Waals surface area contributed by atoms with Crippen molar-refractivity contribution in [3.8, 4) is 0 Å². The van der Waals surface area contributed by atoms with Gasteiger partial charge in [0, 0.05) is 18.3 Å². The fourth-order valence-corrected chi connectivity index (χ4v) is 3.44. The van der Waals surface area contributed by atoms with Gasteiger partial charge in [-0.3, -0.25) is 9.89 Å². The lowest BCUT2D eigenvalue weighted by Crippen LogP contribution is -2.26. The van der Waals surface area contributed by atoms with Crippen LogP contribution in [0.3, 0.4) is 0 Å². The Morgan fingerprint density at radius 2 is 2.41 bits per heavy atom. The van der Waals surface area contributed by atoms with Gasteiger partial charge in [0.15, 0.2) is 10.9 Å². The molecule has 2 N–H and O–H groups in total. The average molecular weight is 319 g/mol. The van der Waals surface area contributed by atoms with E-state index < -0.39 is 0 Å². The largest absolute Gasteiger partial charge is 0.345 e. The lowest BCUT2D eigenvalue weighted by atomic mass is 9.87. The summed E-state index contributed by atoms with van der Waals surface area (Å²) >= 11 is 1.59. The molecule has 0 radical (unpaired) electrons. The third-order valence-corrected chi connectivity index (χ3v) is 5.01. The molecule has 2 aromatic rings. The number of imidazole rings is 1. The second-order valence-electron chi connectivity index (χ2n) is 5.86. The van der Waals surface area contributed by atoms with E-state index in [0.717, 1.165) is 41.4 Å². The van der Waals surface area contributed by atoms with Crippen LogP contribution in [0.1, 0.15) is 40.8 Å². The fourth-order valence-electron chi connectivity index (χ4n) is 2.89. The number of rotatable bonds is 4. The van der Waals surface area contributed by atoms with Crippen LogP contribution < -0.4 is 5.32 Å². The van der Waals surface area contributed by atoms with Crippen LogP contribution in [0.5, 0.6) is 0 Å². The van der Waals surface area contributed by atoms with Crippen molar-refractivity contribution >= 4 is 17.7 Å². The standard InChI is InChI=1S/C15H21N5OS/c1-9-4-5-12-11(6-9)13(19-18-12)14(21)16-7-10-8-17-15(22-3)20(10)2/h8-9H,4-7H2,1-3H3,(H,16,21)(H,18,19). The summed E-state index contributed by atoms with van der Waals surface area (Å²) in [7, 11) is 1.96. The molecule has 2 aromatic heterocycles. The number of fused-ring (bicyclic) bond motifs is 1. The number of nitrogens with one attached hydrogen (secondary N) is 2. The number of thioether (sulfide) groups is 1. The molecule has 118 valence electrons. The van der Waals surface area contributed by atoms with Crippen LogP contribution in [-0.2, 0) is 26.4 Å². The third-order valence-electron chi connectivity index (χ3n) is 4.26. The second-order valence-corrected chi connectivity index (χ2v) is 6.63. The smallest absolute Gasteiger partial charge is 0.272 e. The molecule has 2 heterocycles. The predicted octanol–water partition coefficient (Wildman–Crippen LogP) is 1.92. The summed E-state index contributed by atoms with van der Waals surface area (Å²) in [5, 5.41) is 11.1. The van der Waals surface area contributed by atoms with Gasteiger partial charge in [0.1, 0.15) is 0 Å². The summed E-state index contributed by atoms with van der Waals surface area (Å²) in [6.45, 7) is 2.68. The topological polar surface area (TPSA) is 75.6 Å². The van der Waals surface area contributed by atoms with Crippen molar-refractivity contribution in [2.45, 2.75) is 37.9 Å². The number of aromatic amines is 1. The van der Waals surface area contributed by atoms with Crippen molar-refractivity contribution in [2.75, 3.05) is 6.26 Å². The molecule has 1 aliphatic carbocycles. The first kappa shape index (κ1) is 15.1. The van der Waals surface area contributed by atoms with Crippen molar-refractivity contribution in [2.24, 2.45) is 13.0 Å². The van der Waals surface area contributed by atoms with Crippen LogP contribution in [0.4, 0.5) is 0 Å². The van der Waals surface area contributed by atoms with Gasteiger partial charge in [-0.15, -0.1) is 0 Å². The van der Waals surface area contributed by atoms with E-state index in [4.69, 9.17) is 0 Å². The highest BCUT2D eigenvalue weighted by Gasteiger charge is 2.24.